The van der Waals surface area contributed by atoms with Gasteiger partial charge in [0, 0.05) is 73.3 Å². The van der Waals surface area contributed by atoms with Gasteiger partial charge in [0.25, 0.3) is 0 Å². The van der Waals surface area contributed by atoms with Crippen molar-refractivity contribution in [2.45, 2.75) is 13.8 Å². The quantitative estimate of drug-likeness (QED) is 0.0645. The number of ketones is 1. The Bertz CT molecular complexity index is 3490. The van der Waals surface area contributed by atoms with E-state index in [0.29, 0.717) is 17.2 Å². The molecular formula is C62H46AlIrN5O5-2. The largest absolute Gasteiger partial charge is 1.20 e. The second kappa shape index (κ2) is 25.7. The molecule has 0 aliphatic carbocycles. The number of fused-ring (bicyclic) bond motifs is 5. The topological polar surface area (TPSA) is 129 Å². The second-order valence-corrected chi connectivity index (χ2v) is 17.6. The molecule has 0 bridgehead atoms. The van der Waals surface area contributed by atoms with Crippen LogP contribution >= 0.6 is 0 Å². The summed E-state index contributed by atoms with van der Waals surface area (Å²) in [4.78, 5) is 32.4. The maximum atomic E-state index is 10.0. The van der Waals surface area contributed by atoms with Crippen molar-refractivity contribution in [1.82, 2.24) is 24.9 Å². The minimum atomic E-state index is -2.86. The van der Waals surface area contributed by atoms with Crippen LogP contribution in [0.25, 0.3) is 76.8 Å². The van der Waals surface area contributed by atoms with E-state index in [0.717, 1.165) is 55.2 Å². The minimum absolute atomic E-state index is 0. The van der Waals surface area contributed by atoms with E-state index in [1.54, 1.807) is 18.6 Å². The number of hydrogen-bond donors (Lipinski definition) is 1. The van der Waals surface area contributed by atoms with Crippen molar-refractivity contribution in [2.75, 3.05) is 0 Å². The Morgan fingerprint density at radius 1 is 0.432 bits per heavy atom. The van der Waals surface area contributed by atoms with Crippen LogP contribution in [0.3, 0.4) is 0 Å². The first kappa shape index (κ1) is 51.7. The first-order valence-corrected chi connectivity index (χ1v) is 24.8. The molecule has 0 saturated carbocycles. The fourth-order valence-electron chi connectivity index (χ4n) is 7.94. The van der Waals surface area contributed by atoms with Gasteiger partial charge in [0.1, 0.15) is 33.8 Å². The van der Waals surface area contributed by atoms with E-state index in [1.165, 1.54) is 41.5 Å². The number of aromatic nitrogens is 5. The van der Waals surface area contributed by atoms with Gasteiger partial charge in [0.2, 0.25) is 0 Å². The van der Waals surface area contributed by atoms with Crippen LogP contribution in [0.2, 0.25) is 0 Å². The van der Waals surface area contributed by atoms with Crippen LogP contribution in [0.4, 0.5) is 0 Å². The van der Waals surface area contributed by atoms with Crippen LogP contribution in [-0.2, 0) is 24.9 Å². The Kier molecular flexibility index (Phi) is 17.9. The third-order valence-corrected chi connectivity index (χ3v) is 12.5. The molecule has 0 spiro atoms. The molecule has 5 heterocycles. The van der Waals surface area contributed by atoms with E-state index < -0.39 is 15.1 Å². The van der Waals surface area contributed by atoms with Gasteiger partial charge in [0.05, 0.1) is 5.76 Å². The van der Waals surface area contributed by atoms with Gasteiger partial charge in [0.15, 0.2) is 5.78 Å². The van der Waals surface area contributed by atoms with E-state index in [-0.39, 0.29) is 31.6 Å². The van der Waals surface area contributed by atoms with Crippen molar-refractivity contribution >= 4 is 75.2 Å². The van der Waals surface area contributed by atoms with Crippen LogP contribution in [0, 0.1) is 12.1 Å². The molecule has 0 aliphatic heterocycles. The van der Waals surface area contributed by atoms with Crippen LogP contribution in [0.15, 0.2) is 243 Å². The smallest absolute Gasteiger partial charge is 0.576 e. The summed E-state index contributed by atoms with van der Waals surface area (Å²) in [7, 11) is 0. The van der Waals surface area contributed by atoms with Gasteiger partial charge in [-0.2, -0.15) is 0 Å². The van der Waals surface area contributed by atoms with Crippen molar-refractivity contribution in [3.8, 4) is 39.8 Å². The number of benzene rings is 7. The maximum absolute atomic E-state index is 10.0. The molecule has 5 aromatic heterocycles. The predicted molar refractivity (Wildman–Crippen MR) is 292 cm³/mol. The number of allylic oxidation sites excluding steroid dienone is 2. The molecule has 12 heteroatoms. The molecule has 0 atom stereocenters. The van der Waals surface area contributed by atoms with E-state index in [1.807, 2.05) is 188 Å². The van der Waals surface area contributed by atoms with Crippen LogP contribution in [0.5, 0.6) is 17.2 Å². The summed E-state index contributed by atoms with van der Waals surface area (Å²) >= 11 is -2.86. The van der Waals surface area contributed by atoms with Gasteiger partial charge < -0.3 is 26.4 Å². The number of carbonyl (C=O) groups is 1. The van der Waals surface area contributed by atoms with E-state index in [2.05, 4.69) is 61.3 Å². The van der Waals surface area contributed by atoms with Gasteiger partial charge in [-0.3, -0.25) is 19.7 Å². The molecule has 0 saturated heterocycles. The van der Waals surface area contributed by atoms with Gasteiger partial charge in [-0.1, -0.05) is 103 Å². The molecule has 0 aliphatic rings. The number of hydrogen-bond acceptors (Lipinski definition) is 10. The summed E-state index contributed by atoms with van der Waals surface area (Å²) < 4.78 is 19.2. The van der Waals surface area contributed by atoms with Crippen molar-refractivity contribution in [1.29, 1.82) is 0 Å². The molecule has 10 nitrogen and oxygen atoms in total. The molecule has 0 fully saturated rings. The third-order valence-electron chi connectivity index (χ3n) is 11.1. The van der Waals surface area contributed by atoms with E-state index in [9.17, 15) is 4.79 Å². The summed E-state index contributed by atoms with van der Waals surface area (Å²) in [5, 5.41) is 16.1. The number of aliphatic hydroxyl groups excluding tert-OH is 1. The average molecular weight is 1160 g/mol. The fourth-order valence-corrected chi connectivity index (χ4v) is 9.28. The zero-order valence-electron chi connectivity index (χ0n) is 40.2. The zero-order valence-corrected chi connectivity index (χ0v) is 43.8. The summed E-state index contributed by atoms with van der Waals surface area (Å²) in [5.74, 6) is 1.76. The molecule has 12 rings (SSSR count). The SMILES string of the molecule is CC(=O)C=C(C)O.[Ir].[c-]1ccccc1-c1nccc2ccccc12.[c-]1ccccc1-c1nccc2ccccc12.c1cnc2c([O][Al]([O]c3cccc4cccnc34)[O]c3cccc4cccnc34)cccc2c1. The number of rotatable bonds is 9. The fraction of sp³-hybridized carbons (Fsp3) is 0.0323. The molecule has 1 radical (unpaired) electrons. The maximum Gasteiger partial charge on any atom is 1.20 e. The second-order valence-electron chi connectivity index (χ2n) is 16.3. The summed E-state index contributed by atoms with van der Waals surface area (Å²) in [6, 6.07) is 72.0. The molecule has 7 aromatic carbocycles. The summed E-state index contributed by atoms with van der Waals surface area (Å²) in [5.41, 5.74) is 6.33. The molecule has 12 aromatic rings. The van der Waals surface area contributed by atoms with Gasteiger partial charge in [-0.25, -0.2) is 0 Å². The third kappa shape index (κ3) is 13.3. The predicted octanol–water partition coefficient (Wildman–Crippen LogP) is 14.3. The van der Waals surface area contributed by atoms with Gasteiger partial charge >= 0.3 is 15.1 Å². The Labute approximate surface area is 447 Å². The van der Waals surface area contributed by atoms with Crippen LogP contribution < -0.4 is 11.4 Å². The van der Waals surface area contributed by atoms with Crippen molar-refractivity contribution in [3.63, 3.8) is 0 Å². The molecule has 363 valence electrons. The number of carbonyl (C=O) groups excluding carboxylic acids is 1. The standard InChI is InChI=1S/2C15H10N.3C9H7NO.C5H8O2.Al.Ir/c2*1-2-7-13(8-3-1)15-14-9-5-4-6-12(14)10-11-16-15;3*11-8-5-1-3-7-4-2-6-10-9(7)8;1-4(6)3-5(2)7;;/h2*1-7,9-11H;3*1-6,11H;3,6H,1-2H3;;/q2*-1;;;;;+3;/p-3. The minimum Gasteiger partial charge on any atom is -0.576 e. The van der Waals surface area contributed by atoms with Crippen LogP contribution in [0.1, 0.15) is 13.8 Å². The Morgan fingerprint density at radius 2 is 0.797 bits per heavy atom. The molecular weight excluding hydrogens is 1110 g/mol. The molecule has 0 unspecified atom stereocenters. The molecule has 1 N–H and O–H groups in total. The normalized spacial score (nSPS) is 10.6. The van der Waals surface area contributed by atoms with Crippen molar-refractivity contribution in [3.05, 3.63) is 255 Å². The first-order valence-electron chi connectivity index (χ1n) is 23.4. The number of para-hydroxylation sites is 3. The number of aliphatic hydroxyl groups is 1. The summed E-state index contributed by atoms with van der Waals surface area (Å²) in [6.45, 7) is 2.85. The van der Waals surface area contributed by atoms with E-state index in [4.69, 9.17) is 16.5 Å². The van der Waals surface area contributed by atoms with E-state index >= 15 is 0 Å². The van der Waals surface area contributed by atoms with Crippen molar-refractivity contribution in [2.24, 2.45) is 0 Å². The average Bonchev–Trinajstić information content (AvgIpc) is 3.44. The first-order chi connectivity index (χ1) is 35.9. The van der Waals surface area contributed by atoms with Crippen molar-refractivity contribution < 1.29 is 41.4 Å². The number of nitrogens with zero attached hydrogens (tertiary/aromatic N) is 5. The van der Waals surface area contributed by atoms with Crippen LogP contribution in [-0.4, -0.2) is 51.0 Å². The number of pyridine rings is 5. The zero-order chi connectivity index (χ0) is 50.2. The Morgan fingerprint density at radius 3 is 1.15 bits per heavy atom. The van der Waals surface area contributed by atoms with Gasteiger partial charge in [-0.05, 0) is 95.3 Å². The monoisotopic (exact) mass is 1160 g/mol. The summed E-state index contributed by atoms with van der Waals surface area (Å²) in [6.07, 6.45) is 10.1. The molecule has 74 heavy (non-hydrogen) atoms. The Balaban J connectivity index is 0.000000152. The van der Waals surface area contributed by atoms with Gasteiger partial charge in [-0.15, -0.1) is 71.8 Å². The molecule has 0 amide bonds. The Hall–Kier alpha value is -8.62.